The molecule has 0 spiro atoms. The molecule has 3 heteroatoms. The highest BCUT2D eigenvalue weighted by atomic mass is 16.2. The summed E-state index contributed by atoms with van der Waals surface area (Å²) in [5.41, 5.74) is 6.56. The molecule has 0 aliphatic rings. The Bertz CT molecular complexity index is 614. The van der Waals surface area contributed by atoms with E-state index < -0.39 is 5.54 Å². The minimum atomic E-state index is -0.464. The van der Waals surface area contributed by atoms with Gasteiger partial charge in [0, 0.05) is 25.6 Å². The van der Waals surface area contributed by atoms with Gasteiger partial charge < -0.3 is 10.6 Å². The van der Waals surface area contributed by atoms with Gasteiger partial charge in [-0.15, -0.1) is 0 Å². The smallest absolute Gasteiger partial charge is 0.224 e. The van der Waals surface area contributed by atoms with Crippen LogP contribution in [-0.4, -0.2) is 23.4 Å². The lowest BCUT2D eigenvalue weighted by Gasteiger charge is -2.23. The Morgan fingerprint density at radius 1 is 1.15 bits per heavy atom. The topological polar surface area (TPSA) is 46.3 Å². The van der Waals surface area contributed by atoms with Crippen molar-refractivity contribution in [1.82, 2.24) is 4.90 Å². The number of hydrogen-bond acceptors (Lipinski definition) is 2. The molecule has 2 N–H and O–H groups in total. The maximum atomic E-state index is 12.1. The van der Waals surface area contributed by atoms with E-state index in [0.717, 1.165) is 5.56 Å². The molecule has 0 aliphatic carbocycles. The van der Waals surface area contributed by atoms with Crippen LogP contribution in [0.5, 0.6) is 0 Å². The van der Waals surface area contributed by atoms with Crippen LogP contribution in [0.15, 0.2) is 42.5 Å². The molecule has 0 saturated heterocycles. The van der Waals surface area contributed by atoms with E-state index in [1.165, 1.54) is 10.8 Å². The zero-order chi connectivity index (χ0) is 14.8. The van der Waals surface area contributed by atoms with Crippen LogP contribution in [0.4, 0.5) is 0 Å². The van der Waals surface area contributed by atoms with Gasteiger partial charge in [-0.05, 0) is 36.2 Å². The van der Waals surface area contributed by atoms with Gasteiger partial charge in [-0.2, -0.15) is 0 Å². The van der Waals surface area contributed by atoms with Gasteiger partial charge in [0.2, 0.25) is 5.91 Å². The molecule has 1 amide bonds. The zero-order valence-electron chi connectivity index (χ0n) is 12.4. The number of carbonyl (C=O) groups excluding carboxylic acids is 1. The molecule has 0 radical (unpaired) electrons. The third-order valence-corrected chi connectivity index (χ3v) is 3.27. The highest BCUT2D eigenvalue weighted by Gasteiger charge is 2.19. The molecule has 0 saturated carbocycles. The molecule has 2 aromatic carbocycles. The maximum Gasteiger partial charge on any atom is 0.224 e. The van der Waals surface area contributed by atoms with Crippen LogP contribution in [0.2, 0.25) is 0 Å². The Kier molecular flexibility index (Phi) is 4.09. The number of benzene rings is 2. The van der Waals surface area contributed by atoms with E-state index in [-0.39, 0.29) is 5.91 Å². The SMILES string of the molecule is CN(Cc1ccc2ccccc2c1)C(=O)CC(C)(C)N. The number of fused-ring (bicyclic) bond motifs is 1. The highest BCUT2D eigenvalue weighted by Crippen LogP contribution is 2.17. The molecular formula is C17H22N2O. The third-order valence-electron chi connectivity index (χ3n) is 3.27. The van der Waals surface area contributed by atoms with Crippen LogP contribution >= 0.6 is 0 Å². The monoisotopic (exact) mass is 270 g/mol. The van der Waals surface area contributed by atoms with Gasteiger partial charge in [-0.1, -0.05) is 36.4 Å². The summed E-state index contributed by atoms with van der Waals surface area (Å²) in [6.07, 6.45) is 0.358. The number of nitrogens with two attached hydrogens (primary N) is 1. The van der Waals surface area contributed by atoms with Crippen molar-refractivity contribution in [2.24, 2.45) is 5.73 Å². The summed E-state index contributed by atoms with van der Waals surface area (Å²) in [7, 11) is 1.82. The lowest BCUT2D eigenvalue weighted by Crippen LogP contribution is -2.39. The van der Waals surface area contributed by atoms with Gasteiger partial charge >= 0.3 is 0 Å². The van der Waals surface area contributed by atoms with Crippen molar-refractivity contribution in [1.29, 1.82) is 0 Å². The quantitative estimate of drug-likeness (QED) is 0.928. The second kappa shape index (κ2) is 5.63. The first-order chi connectivity index (χ1) is 9.35. The predicted octanol–water partition coefficient (Wildman–Crippen LogP) is 2.93. The fourth-order valence-corrected chi connectivity index (χ4v) is 2.22. The fraction of sp³-hybridized carbons (Fsp3) is 0.353. The van der Waals surface area contributed by atoms with Gasteiger partial charge in [0.1, 0.15) is 0 Å². The van der Waals surface area contributed by atoms with Crippen LogP contribution in [0, 0.1) is 0 Å². The third kappa shape index (κ3) is 3.81. The molecule has 0 aromatic heterocycles. The molecular weight excluding hydrogens is 248 g/mol. The van der Waals surface area contributed by atoms with Crippen LogP contribution in [0.1, 0.15) is 25.8 Å². The minimum Gasteiger partial charge on any atom is -0.341 e. The van der Waals surface area contributed by atoms with Crippen LogP contribution in [-0.2, 0) is 11.3 Å². The van der Waals surface area contributed by atoms with E-state index >= 15 is 0 Å². The summed E-state index contributed by atoms with van der Waals surface area (Å²) in [5, 5.41) is 2.42. The van der Waals surface area contributed by atoms with E-state index in [1.54, 1.807) is 4.90 Å². The van der Waals surface area contributed by atoms with Gasteiger partial charge in [-0.3, -0.25) is 4.79 Å². The second-order valence-corrected chi connectivity index (χ2v) is 6.10. The first kappa shape index (κ1) is 14.5. The molecule has 2 rings (SSSR count). The van der Waals surface area contributed by atoms with E-state index in [9.17, 15) is 4.79 Å². The number of nitrogens with zero attached hydrogens (tertiary/aromatic N) is 1. The summed E-state index contributed by atoms with van der Waals surface area (Å²) in [4.78, 5) is 13.8. The van der Waals surface area contributed by atoms with Crippen LogP contribution < -0.4 is 5.73 Å². The van der Waals surface area contributed by atoms with Crippen molar-refractivity contribution in [3.05, 3.63) is 48.0 Å². The Morgan fingerprint density at radius 2 is 1.80 bits per heavy atom. The standard InChI is InChI=1S/C17H22N2O/c1-17(2,18)11-16(20)19(3)12-13-8-9-14-6-4-5-7-15(14)10-13/h4-10H,11-12,18H2,1-3H3. The minimum absolute atomic E-state index is 0.0747. The van der Waals surface area contributed by atoms with Crippen molar-refractivity contribution in [2.45, 2.75) is 32.4 Å². The first-order valence-electron chi connectivity index (χ1n) is 6.86. The number of rotatable bonds is 4. The average molecular weight is 270 g/mol. The van der Waals surface area contributed by atoms with Gasteiger partial charge in [0.25, 0.3) is 0 Å². The predicted molar refractivity (Wildman–Crippen MR) is 83.3 cm³/mol. The Morgan fingerprint density at radius 3 is 2.45 bits per heavy atom. The number of hydrogen-bond donors (Lipinski definition) is 1. The highest BCUT2D eigenvalue weighted by molar-refractivity contribution is 5.83. The molecule has 0 atom stereocenters. The molecule has 106 valence electrons. The maximum absolute atomic E-state index is 12.1. The fourth-order valence-electron chi connectivity index (χ4n) is 2.22. The van der Waals surface area contributed by atoms with Crippen LogP contribution in [0.3, 0.4) is 0 Å². The molecule has 3 nitrogen and oxygen atoms in total. The largest absolute Gasteiger partial charge is 0.341 e. The van der Waals surface area contributed by atoms with Crippen molar-refractivity contribution in [3.63, 3.8) is 0 Å². The second-order valence-electron chi connectivity index (χ2n) is 6.10. The van der Waals surface area contributed by atoms with E-state index in [2.05, 4.69) is 30.3 Å². The summed E-state index contributed by atoms with van der Waals surface area (Å²) < 4.78 is 0. The van der Waals surface area contributed by atoms with Gasteiger partial charge in [0.15, 0.2) is 0 Å². The summed E-state index contributed by atoms with van der Waals surface area (Å²) in [6.45, 7) is 4.35. The Balaban J connectivity index is 2.09. The lowest BCUT2D eigenvalue weighted by molar-refractivity contribution is -0.131. The molecule has 20 heavy (non-hydrogen) atoms. The van der Waals surface area contributed by atoms with E-state index in [0.29, 0.717) is 13.0 Å². The number of amides is 1. The van der Waals surface area contributed by atoms with Crippen molar-refractivity contribution >= 4 is 16.7 Å². The van der Waals surface area contributed by atoms with Gasteiger partial charge in [-0.25, -0.2) is 0 Å². The zero-order valence-corrected chi connectivity index (χ0v) is 12.4. The summed E-state index contributed by atoms with van der Waals surface area (Å²) in [6, 6.07) is 14.5. The van der Waals surface area contributed by atoms with Crippen molar-refractivity contribution < 1.29 is 4.79 Å². The average Bonchev–Trinajstić information content (AvgIpc) is 2.36. The number of carbonyl (C=O) groups is 1. The van der Waals surface area contributed by atoms with Crippen LogP contribution in [0.25, 0.3) is 10.8 Å². The lowest BCUT2D eigenvalue weighted by atomic mass is 10.0. The Labute approximate surface area is 120 Å². The van der Waals surface area contributed by atoms with E-state index in [1.807, 2.05) is 33.0 Å². The molecule has 0 heterocycles. The summed E-state index contributed by atoms with van der Waals surface area (Å²) in [5.74, 6) is 0.0747. The van der Waals surface area contributed by atoms with Crippen molar-refractivity contribution in [3.8, 4) is 0 Å². The van der Waals surface area contributed by atoms with Crippen molar-refractivity contribution in [2.75, 3.05) is 7.05 Å². The first-order valence-corrected chi connectivity index (χ1v) is 6.86. The molecule has 0 fully saturated rings. The van der Waals surface area contributed by atoms with Gasteiger partial charge in [0.05, 0.1) is 0 Å². The molecule has 0 bridgehead atoms. The molecule has 0 aliphatic heterocycles. The van der Waals surface area contributed by atoms with E-state index in [4.69, 9.17) is 5.73 Å². The normalized spacial score (nSPS) is 11.6. The molecule has 0 unspecified atom stereocenters. The Hall–Kier alpha value is -1.87. The molecule has 2 aromatic rings. The summed E-state index contributed by atoms with van der Waals surface area (Å²) >= 11 is 0.